The Morgan fingerprint density at radius 1 is 0.270 bits per heavy atom. The van der Waals surface area contributed by atoms with Crippen LogP contribution in [0.2, 0.25) is 0 Å². The second-order valence-corrected chi connectivity index (χ2v) is 33.4. The Hall–Kier alpha value is -9.32. The van der Waals surface area contributed by atoms with Crippen LogP contribution < -0.4 is 21.2 Å². The number of nitrogens with zero attached hydrogens (tertiary/aromatic N) is 6. The van der Waals surface area contributed by atoms with E-state index in [2.05, 4.69) is 30.0 Å². The fourth-order valence-corrected chi connectivity index (χ4v) is 17.6. The normalized spacial score (nSPS) is 18.3. The number of rotatable bonds is 15. The molecule has 0 saturated carbocycles. The van der Waals surface area contributed by atoms with E-state index in [1.165, 1.54) is 43.6 Å². The number of fused-ring (bicyclic) bond motifs is 8. The minimum atomic E-state index is -8.37. The van der Waals surface area contributed by atoms with E-state index in [1.807, 2.05) is 0 Å². The summed E-state index contributed by atoms with van der Waals surface area (Å²) in [5, 5.41) is 0. The van der Waals surface area contributed by atoms with Crippen molar-refractivity contribution in [3.63, 3.8) is 0 Å². The van der Waals surface area contributed by atoms with Crippen LogP contribution in [0.15, 0.2) is 139 Å². The first-order valence-corrected chi connectivity index (χ1v) is 39.8. The molecule has 0 aliphatic carbocycles. The second kappa shape index (κ2) is 34.3. The standard InChI is InChI=1S/C38H25F26N3O3.C33H28F13N3O3.2CH4.2Ga/c1-17-6-8-23(68)19(10-17)14-67-26(2,15-65-12-18-4-3-5-22(25(18)70)28(41,42)30(45,46)32(49,50)34(53,54)36(57,58)38(62,63)64)16-66-13-20-11-21(7-9-24(20)69)27(39,40)29(43,44)31(47,48)33(51,52)35(55,56)37(59,60)61;1-18-10-11-24(50)22(12-18)15-49-27(3,16-47-13-20-7-4-6-19(2)25(20)51)17-48-14-21-8-5-9-23(26(21)52)28(34,35)29(36,37)30(38,39)31(40,41)32(42,43)33(44,45)46;;;;/h3-14,68-70H,15-16H2,1-2H3;4-15,50-52H,16-17H2,1-3H3;2*1H4;;/q;;;;2*+3/p-6/t26-;27-;;;;/m01..../s1. The number of para-hydroxylation sites is 3. The van der Waals surface area contributed by atoms with E-state index in [0.717, 1.165) is 31.5 Å². The molecule has 0 radical (unpaired) electrons. The summed E-state index contributed by atoms with van der Waals surface area (Å²) in [7, 11) is 0. The summed E-state index contributed by atoms with van der Waals surface area (Å²) in [5.41, 5.74) is -12.1. The molecule has 126 heavy (non-hydrogen) atoms. The van der Waals surface area contributed by atoms with Gasteiger partial charge in [0.25, 0.3) is 0 Å². The third-order valence-electron chi connectivity index (χ3n) is 18.5. The zero-order chi connectivity index (χ0) is 93.8. The SMILES string of the molecule is C.C.Cc1ccc2c(c1)C=N[C@]1(C)CN=Cc3cc(C(F)(F)C(F)(F)C(F)(F)C(F)(F)C(F)(F)C(F)(F)F)ccc3[O][Ga]([O]2)[O]c2c(cccc2C(F)(F)C(F)(F)C(F)(F)C(F)(F)C(F)(F)C(F)(F)F)C=NC1.Cc1ccc2c(c1)C=N[C@]1(C)CN=Cc3cccc(C)c3[O][Ga]([O]2)[O]c2c(cccc2C(F)(F)C(F)(F)C(F)(F)C(F)(F)C(F)(F)C(F)(F)F)C=NC1. The summed E-state index contributed by atoms with van der Waals surface area (Å²) in [6.07, 6.45) is -17.8. The topological polar surface area (TPSA) is 130 Å². The monoisotopic (exact) mass is 1990 g/mol. The van der Waals surface area contributed by atoms with Crippen LogP contribution in [0, 0.1) is 20.8 Å². The van der Waals surface area contributed by atoms with Gasteiger partial charge in [0.2, 0.25) is 0 Å². The molecule has 4 heterocycles. The molecule has 0 saturated heterocycles. The number of hydrogen-bond acceptors (Lipinski definition) is 12. The summed E-state index contributed by atoms with van der Waals surface area (Å²) >= 11 is -10.8. The molecule has 0 spiro atoms. The maximum absolute atomic E-state index is 16.0. The van der Waals surface area contributed by atoms with Crippen LogP contribution >= 0.6 is 0 Å². The van der Waals surface area contributed by atoms with Crippen molar-refractivity contribution in [2.45, 2.75) is 168 Å². The van der Waals surface area contributed by atoms with Crippen LogP contribution in [0.1, 0.15) is 95.5 Å². The van der Waals surface area contributed by atoms with E-state index in [-0.39, 0.29) is 80.4 Å². The van der Waals surface area contributed by atoms with Gasteiger partial charge in [-0.1, -0.05) is 14.9 Å². The molecule has 10 rings (SSSR count). The Balaban J connectivity index is 0.000000354. The number of hydrogen-bond donors (Lipinski definition) is 0. The molecule has 0 aromatic heterocycles. The van der Waals surface area contributed by atoms with Gasteiger partial charge in [-0.3, -0.25) is 0 Å². The van der Waals surface area contributed by atoms with Gasteiger partial charge in [0.1, 0.15) is 0 Å². The average Bonchev–Trinajstić information content (AvgIpc) is 0.711. The second-order valence-electron chi connectivity index (χ2n) is 28.1. The summed E-state index contributed by atoms with van der Waals surface area (Å²) in [4.78, 5) is 25.2. The average molecular weight is 1990 g/mol. The minimum absolute atomic E-state index is 0. The number of aliphatic imine (C=N–C) groups is 6. The van der Waals surface area contributed by atoms with Crippen molar-refractivity contribution in [2.24, 2.45) is 30.0 Å². The molecule has 2 atom stereocenters. The molecule has 53 heteroatoms. The van der Waals surface area contributed by atoms with Gasteiger partial charge in [0.05, 0.1) is 0 Å². The van der Waals surface area contributed by atoms with E-state index < -0.39 is 235 Å². The maximum atomic E-state index is 16.0. The number of alkyl halides is 39. The molecule has 4 bridgehead atoms. The van der Waals surface area contributed by atoms with Crippen molar-refractivity contribution in [1.82, 2.24) is 0 Å². The van der Waals surface area contributed by atoms with E-state index in [0.29, 0.717) is 41.3 Å². The molecular formula is C73H55F39Ga2N6O6. The van der Waals surface area contributed by atoms with Crippen LogP contribution in [0.5, 0.6) is 34.5 Å². The third kappa shape index (κ3) is 17.8. The van der Waals surface area contributed by atoms with E-state index in [1.54, 1.807) is 45.0 Å². The predicted octanol–water partition coefficient (Wildman–Crippen LogP) is 23.3. The predicted molar refractivity (Wildman–Crippen MR) is 373 cm³/mol. The van der Waals surface area contributed by atoms with Crippen LogP contribution in [0.4, 0.5) is 171 Å². The molecule has 0 amide bonds. The Kier molecular flexibility index (Phi) is 28.2. The molecule has 0 unspecified atom stereocenters. The van der Waals surface area contributed by atoms with Gasteiger partial charge in [-0.25, -0.2) is 0 Å². The molecule has 6 aromatic carbocycles. The molecule has 692 valence electrons. The summed E-state index contributed by atoms with van der Waals surface area (Å²) < 4.78 is 590. The quantitative estimate of drug-likeness (QED) is 0.0744. The van der Waals surface area contributed by atoms with Gasteiger partial charge in [0, 0.05) is 0 Å². The summed E-state index contributed by atoms with van der Waals surface area (Å²) in [6.45, 7) is 5.40. The van der Waals surface area contributed by atoms with Gasteiger partial charge < -0.3 is 0 Å². The van der Waals surface area contributed by atoms with Crippen molar-refractivity contribution in [1.29, 1.82) is 0 Å². The molecule has 6 aromatic rings. The molecule has 12 nitrogen and oxygen atoms in total. The Bertz CT molecular complexity index is 5180. The molecule has 0 N–H and O–H groups in total. The molecular weight excluding hydrogens is 1940 g/mol. The van der Waals surface area contributed by atoms with Crippen LogP contribution in [-0.4, -0.2) is 199 Å². The van der Waals surface area contributed by atoms with Crippen LogP contribution in [-0.2, 0) is 17.8 Å². The zero-order valence-corrected chi connectivity index (χ0v) is 66.6. The molecule has 0 fully saturated rings. The summed E-state index contributed by atoms with van der Waals surface area (Å²) in [6, 6.07) is 13.8. The van der Waals surface area contributed by atoms with Crippen molar-refractivity contribution >= 4 is 71.9 Å². The Labute approximate surface area is 696 Å². The number of benzene rings is 6. The van der Waals surface area contributed by atoms with Gasteiger partial charge in [0.15, 0.2) is 0 Å². The van der Waals surface area contributed by atoms with Crippen molar-refractivity contribution < 1.29 is 192 Å². The fraction of sp³-hybridized carbons (Fsp3) is 0.425. The Morgan fingerprint density at radius 3 is 0.857 bits per heavy atom. The summed E-state index contributed by atoms with van der Waals surface area (Å²) in [5.74, 6) is -123. The van der Waals surface area contributed by atoms with Crippen molar-refractivity contribution in [2.75, 3.05) is 26.2 Å². The van der Waals surface area contributed by atoms with Crippen LogP contribution in [0.25, 0.3) is 0 Å². The first-order chi connectivity index (χ1) is 56.2. The van der Waals surface area contributed by atoms with Gasteiger partial charge in [-0.2, -0.15) is 0 Å². The first-order valence-electron chi connectivity index (χ1n) is 33.9. The number of aryl methyl sites for hydroxylation is 3. The first kappa shape index (κ1) is 104. The van der Waals surface area contributed by atoms with Crippen molar-refractivity contribution in [3.8, 4) is 34.5 Å². The number of halogens is 39. The van der Waals surface area contributed by atoms with E-state index >= 15 is 43.9 Å². The molecule has 4 aliphatic heterocycles. The zero-order valence-electron chi connectivity index (χ0n) is 61.7. The van der Waals surface area contributed by atoms with E-state index in [4.69, 9.17) is 21.2 Å². The van der Waals surface area contributed by atoms with E-state index in [9.17, 15) is 127 Å². The van der Waals surface area contributed by atoms with Gasteiger partial charge in [-0.15, -0.1) is 0 Å². The van der Waals surface area contributed by atoms with Gasteiger partial charge in [-0.05, 0) is 0 Å². The van der Waals surface area contributed by atoms with Crippen molar-refractivity contribution in [3.05, 3.63) is 176 Å². The Morgan fingerprint density at radius 2 is 0.532 bits per heavy atom. The van der Waals surface area contributed by atoms with Gasteiger partial charge >= 0.3 is 684 Å². The molecule has 4 aliphatic rings. The third-order valence-corrected chi connectivity index (χ3v) is 24.0. The van der Waals surface area contributed by atoms with Crippen LogP contribution in [0.3, 0.4) is 0 Å². The fourth-order valence-electron chi connectivity index (χ4n) is 11.4.